The monoisotopic (exact) mass is 310 g/mol. The minimum absolute atomic E-state index is 0.0556. The molecule has 1 aliphatic rings. The van der Waals surface area contributed by atoms with E-state index in [0.29, 0.717) is 35.5 Å². The van der Waals surface area contributed by atoms with Crippen LogP contribution in [0, 0.1) is 0 Å². The highest BCUT2D eigenvalue weighted by Crippen LogP contribution is 2.38. The van der Waals surface area contributed by atoms with Crippen LogP contribution in [0.4, 0.5) is 0 Å². The quantitative estimate of drug-likeness (QED) is 0.623. The maximum absolute atomic E-state index is 12.5. The zero-order valence-corrected chi connectivity index (χ0v) is 12.2. The molecule has 2 N–H and O–H groups in total. The van der Waals surface area contributed by atoms with Crippen LogP contribution in [0.5, 0.6) is 17.2 Å². The summed E-state index contributed by atoms with van der Waals surface area (Å²) in [5.74, 6) is 0.609. The van der Waals surface area contributed by atoms with Crippen LogP contribution in [0.25, 0.3) is 22.1 Å². The van der Waals surface area contributed by atoms with Crippen LogP contribution in [0.1, 0.15) is 12.0 Å². The van der Waals surface area contributed by atoms with Crippen molar-refractivity contribution in [2.24, 2.45) is 0 Å². The lowest BCUT2D eigenvalue weighted by Gasteiger charge is -2.18. The molecule has 0 amide bonds. The van der Waals surface area contributed by atoms with Gasteiger partial charge in [-0.25, -0.2) is 4.79 Å². The van der Waals surface area contributed by atoms with Crippen molar-refractivity contribution in [1.82, 2.24) is 0 Å². The molecular weight excluding hydrogens is 296 g/mol. The summed E-state index contributed by atoms with van der Waals surface area (Å²) in [5.41, 5.74) is 1.84. The van der Waals surface area contributed by atoms with E-state index in [1.165, 1.54) is 18.2 Å². The van der Waals surface area contributed by atoms with Gasteiger partial charge in [0.05, 0.1) is 12.2 Å². The van der Waals surface area contributed by atoms with Crippen LogP contribution < -0.4 is 10.4 Å². The van der Waals surface area contributed by atoms with Gasteiger partial charge in [-0.2, -0.15) is 0 Å². The minimum atomic E-state index is -0.476. The molecule has 0 atom stereocenters. The van der Waals surface area contributed by atoms with Gasteiger partial charge < -0.3 is 19.4 Å². The van der Waals surface area contributed by atoms with E-state index in [1.54, 1.807) is 18.2 Å². The summed E-state index contributed by atoms with van der Waals surface area (Å²) in [7, 11) is 0. The first-order valence-corrected chi connectivity index (χ1v) is 7.38. The fourth-order valence-electron chi connectivity index (χ4n) is 3.05. The van der Waals surface area contributed by atoms with E-state index in [9.17, 15) is 15.0 Å². The molecule has 0 bridgehead atoms. The topological polar surface area (TPSA) is 79.9 Å². The first-order valence-electron chi connectivity index (χ1n) is 7.38. The van der Waals surface area contributed by atoms with Gasteiger partial charge in [0, 0.05) is 23.1 Å². The Balaban J connectivity index is 2.11. The molecule has 0 spiro atoms. The standard InChI is InChI=1S/C18H14O5/c19-10-4-6-14-15(8-10)22-7-1-2-13-12-5-3-11(20)9-16(12)23-18(21)17(13)14/h3-6,8-9,19-20H,1-2,7H2. The van der Waals surface area contributed by atoms with Crippen LogP contribution in [0.3, 0.4) is 0 Å². The fourth-order valence-corrected chi connectivity index (χ4v) is 3.05. The maximum Gasteiger partial charge on any atom is 0.344 e. The first-order chi connectivity index (χ1) is 11.1. The van der Waals surface area contributed by atoms with Crippen LogP contribution >= 0.6 is 0 Å². The van der Waals surface area contributed by atoms with E-state index >= 15 is 0 Å². The van der Waals surface area contributed by atoms with Crippen molar-refractivity contribution in [3.63, 3.8) is 0 Å². The number of fused-ring (bicyclic) bond motifs is 5. The Bertz CT molecular complexity index is 971. The molecule has 0 aliphatic carbocycles. The second-order valence-electron chi connectivity index (χ2n) is 5.56. The number of ether oxygens (including phenoxy) is 1. The van der Waals surface area contributed by atoms with Gasteiger partial charge in [-0.05, 0) is 42.7 Å². The third-order valence-corrected chi connectivity index (χ3v) is 4.06. The number of rotatable bonds is 0. The molecule has 3 aromatic rings. The Kier molecular flexibility index (Phi) is 3.01. The zero-order chi connectivity index (χ0) is 16.0. The van der Waals surface area contributed by atoms with Gasteiger partial charge in [0.2, 0.25) is 0 Å². The Morgan fingerprint density at radius 2 is 1.78 bits per heavy atom. The number of benzene rings is 2. The molecule has 5 heteroatoms. The Hall–Kier alpha value is -2.95. The molecule has 1 aliphatic heterocycles. The normalized spacial score (nSPS) is 13.6. The Morgan fingerprint density at radius 3 is 2.65 bits per heavy atom. The van der Waals surface area contributed by atoms with Crippen molar-refractivity contribution in [1.29, 1.82) is 0 Å². The molecule has 0 radical (unpaired) electrons. The lowest BCUT2D eigenvalue weighted by Crippen LogP contribution is -2.13. The molecule has 0 saturated carbocycles. The maximum atomic E-state index is 12.5. The largest absolute Gasteiger partial charge is 0.508 e. The van der Waals surface area contributed by atoms with Gasteiger partial charge in [-0.3, -0.25) is 0 Å². The average Bonchev–Trinajstić information content (AvgIpc) is 2.49. The lowest BCUT2D eigenvalue weighted by atomic mass is 9.93. The predicted molar refractivity (Wildman–Crippen MR) is 85.1 cm³/mol. The van der Waals surface area contributed by atoms with Gasteiger partial charge in [0.15, 0.2) is 0 Å². The zero-order valence-electron chi connectivity index (χ0n) is 12.2. The molecule has 5 nitrogen and oxygen atoms in total. The van der Waals surface area contributed by atoms with Crippen molar-refractivity contribution >= 4 is 11.0 Å². The van der Waals surface area contributed by atoms with Crippen molar-refractivity contribution < 1.29 is 19.4 Å². The fraction of sp³-hybridized carbons (Fsp3) is 0.167. The summed E-state index contributed by atoms with van der Waals surface area (Å²) in [6.07, 6.45) is 1.41. The number of aromatic hydroxyl groups is 2. The van der Waals surface area contributed by atoms with Crippen LogP contribution in [-0.4, -0.2) is 16.8 Å². The summed E-state index contributed by atoms with van der Waals surface area (Å²) >= 11 is 0. The molecule has 4 rings (SSSR count). The molecule has 0 saturated heterocycles. The van der Waals surface area contributed by atoms with Gasteiger partial charge in [0.1, 0.15) is 22.8 Å². The van der Waals surface area contributed by atoms with Gasteiger partial charge in [-0.1, -0.05) is 0 Å². The summed E-state index contributed by atoms with van der Waals surface area (Å²) in [6.45, 7) is 0.496. The van der Waals surface area contributed by atoms with Crippen LogP contribution in [0.15, 0.2) is 45.6 Å². The molecule has 2 aromatic carbocycles. The number of phenolic OH excluding ortho intramolecular Hbond substituents is 2. The van der Waals surface area contributed by atoms with E-state index in [4.69, 9.17) is 9.15 Å². The predicted octanol–water partition coefficient (Wildman–Crippen LogP) is 3.20. The van der Waals surface area contributed by atoms with E-state index in [1.807, 2.05) is 0 Å². The second kappa shape index (κ2) is 5.05. The smallest absolute Gasteiger partial charge is 0.344 e. The molecule has 2 heterocycles. The molecule has 1 aromatic heterocycles. The van der Waals surface area contributed by atoms with E-state index in [2.05, 4.69) is 0 Å². The van der Waals surface area contributed by atoms with Crippen LogP contribution in [-0.2, 0) is 6.42 Å². The summed E-state index contributed by atoms with van der Waals surface area (Å²) in [6, 6.07) is 9.48. The van der Waals surface area contributed by atoms with Gasteiger partial charge >= 0.3 is 5.63 Å². The summed E-state index contributed by atoms with van der Waals surface area (Å²) in [5, 5.41) is 20.1. The van der Waals surface area contributed by atoms with Gasteiger partial charge in [0.25, 0.3) is 0 Å². The molecule has 0 fully saturated rings. The highest BCUT2D eigenvalue weighted by Gasteiger charge is 2.21. The SMILES string of the molecule is O=c1oc2cc(O)ccc2c2c1-c1ccc(O)cc1OCCC2. The number of phenols is 2. The van der Waals surface area contributed by atoms with E-state index < -0.39 is 5.63 Å². The number of hydrogen-bond donors (Lipinski definition) is 2. The Morgan fingerprint density at radius 1 is 1.00 bits per heavy atom. The Labute approximate surface area is 131 Å². The average molecular weight is 310 g/mol. The highest BCUT2D eigenvalue weighted by atomic mass is 16.5. The van der Waals surface area contributed by atoms with Gasteiger partial charge in [-0.15, -0.1) is 0 Å². The van der Waals surface area contributed by atoms with Crippen molar-refractivity contribution in [3.8, 4) is 28.4 Å². The van der Waals surface area contributed by atoms with E-state index in [0.717, 1.165) is 17.4 Å². The molecule has 0 unspecified atom stereocenters. The van der Waals surface area contributed by atoms with Crippen molar-refractivity contribution in [3.05, 3.63) is 52.4 Å². The second-order valence-corrected chi connectivity index (χ2v) is 5.56. The summed E-state index contributed by atoms with van der Waals surface area (Å²) in [4.78, 5) is 12.5. The van der Waals surface area contributed by atoms with Crippen molar-refractivity contribution in [2.75, 3.05) is 6.61 Å². The summed E-state index contributed by atoms with van der Waals surface area (Å²) < 4.78 is 11.1. The molecule has 23 heavy (non-hydrogen) atoms. The third-order valence-electron chi connectivity index (χ3n) is 4.06. The number of hydrogen-bond acceptors (Lipinski definition) is 5. The van der Waals surface area contributed by atoms with E-state index in [-0.39, 0.29) is 11.5 Å². The minimum Gasteiger partial charge on any atom is -0.508 e. The third kappa shape index (κ3) is 2.21. The lowest BCUT2D eigenvalue weighted by molar-refractivity contribution is 0.308. The molecular formula is C18H14O5. The first kappa shape index (κ1) is 13.7. The van der Waals surface area contributed by atoms with Crippen LogP contribution in [0.2, 0.25) is 0 Å². The number of aryl methyl sites for hydroxylation is 1. The van der Waals surface area contributed by atoms with Crippen molar-refractivity contribution in [2.45, 2.75) is 12.8 Å². The molecule has 116 valence electrons. The highest BCUT2D eigenvalue weighted by molar-refractivity contribution is 5.89.